The van der Waals surface area contributed by atoms with E-state index in [0.29, 0.717) is 53.6 Å². The van der Waals surface area contributed by atoms with Gasteiger partial charge in [-0.25, -0.2) is 0 Å². The number of carbonyl (C=O) groups is 3. The first kappa shape index (κ1) is 29.3. The quantitative estimate of drug-likeness (QED) is 0.0666. The smallest absolute Gasteiger partial charge is 0.274 e. The minimum atomic E-state index is -0.214. The van der Waals surface area contributed by atoms with Gasteiger partial charge in [0.15, 0.2) is 5.78 Å². The number of aromatic amines is 3. The number of Topliss-reactive ketones (excluding diaryl/α,β-unsaturated/α-hetero) is 2. The van der Waals surface area contributed by atoms with Gasteiger partial charge >= 0.3 is 0 Å². The Morgan fingerprint density at radius 1 is 0.956 bits per heavy atom. The van der Waals surface area contributed by atoms with Crippen molar-refractivity contribution in [1.82, 2.24) is 15.0 Å². The Labute approximate surface area is 269 Å². The van der Waals surface area contributed by atoms with Gasteiger partial charge in [0, 0.05) is 77.1 Å². The van der Waals surface area contributed by atoms with Crippen molar-refractivity contribution in [3.05, 3.63) is 94.4 Å². The van der Waals surface area contributed by atoms with Crippen LogP contribution >= 0.6 is 24.2 Å². The number of phenolic OH excluding ortho intramolecular Hbond substituents is 1. The van der Waals surface area contributed by atoms with E-state index in [4.69, 9.17) is 11.6 Å². The molecule has 228 valence electrons. The Bertz CT molecular complexity index is 2160. The van der Waals surface area contributed by atoms with Crippen LogP contribution in [-0.4, -0.2) is 55.7 Å². The zero-order valence-corrected chi connectivity index (χ0v) is 26.2. The lowest BCUT2D eigenvalue weighted by molar-refractivity contribution is -0.118. The van der Waals surface area contributed by atoms with Crippen LogP contribution < -0.4 is 4.90 Å². The number of hydrogen-bond acceptors (Lipinski definition) is 5. The van der Waals surface area contributed by atoms with Crippen LogP contribution in [0.15, 0.2) is 60.8 Å². The van der Waals surface area contributed by atoms with Gasteiger partial charge in [-0.15, -0.1) is 11.6 Å². The van der Waals surface area contributed by atoms with E-state index in [1.807, 2.05) is 55.6 Å². The predicted molar refractivity (Wildman–Crippen MR) is 182 cm³/mol. The number of aryl methyl sites for hydroxylation is 1. The maximum absolute atomic E-state index is 13.8. The van der Waals surface area contributed by atoms with Gasteiger partial charge in [0.05, 0.1) is 16.9 Å². The molecule has 45 heavy (non-hydrogen) atoms. The summed E-state index contributed by atoms with van der Waals surface area (Å²) < 4.78 is 0. The number of ketones is 2. The number of aromatic hydroxyl groups is 1. The first-order chi connectivity index (χ1) is 21.7. The molecule has 1 amide bonds. The van der Waals surface area contributed by atoms with Crippen molar-refractivity contribution in [2.24, 2.45) is 0 Å². The standard InChI is InChI=1S/C35H31ClN4O4S/c1-18-16-37-34-31(43)14-29-33(32(18)34)23(15-36)17-40(29)35(44)28-13-22-9-20(3-5-26(22)39-28)11-30(42)27-12-21-8-19(2-4-25(21)38-27)10-24(41)6-7-45/h2-5,8-9,12-14,16,23,37-39,43,45H,6-7,10-11,15,17H2,1H3. The topological polar surface area (TPSA) is 122 Å². The molecule has 4 heterocycles. The third-order valence-electron chi connectivity index (χ3n) is 8.74. The molecule has 4 N–H and O–H groups in total. The highest BCUT2D eigenvalue weighted by molar-refractivity contribution is 7.80. The summed E-state index contributed by atoms with van der Waals surface area (Å²) in [5, 5.41) is 13.3. The molecule has 0 fully saturated rings. The number of alkyl halides is 1. The number of hydrogen-bond donors (Lipinski definition) is 5. The number of rotatable bonds is 9. The number of halogens is 1. The van der Waals surface area contributed by atoms with Crippen LogP contribution in [0.1, 0.15) is 55.6 Å². The Kier molecular flexibility index (Phi) is 7.46. The van der Waals surface area contributed by atoms with Crippen molar-refractivity contribution in [1.29, 1.82) is 0 Å². The van der Waals surface area contributed by atoms with Crippen LogP contribution in [0.3, 0.4) is 0 Å². The normalized spacial score (nSPS) is 14.6. The fourth-order valence-electron chi connectivity index (χ4n) is 6.56. The highest BCUT2D eigenvalue weighted by atomic mass is 35.5. The van der Waals surface area contributed by atoms with Crippen molar-refractivity contribution in [3.63, 3.8) is 0 Å². The Hall–Kier alpha value is -4.47. The maximum atomic E-state index is 13.8. The SMILES string of the molecule is Cc1c[nH]c2c(O)cc3c(c12)C(CCl)CN3C(=O)c1cc2cc(CC(=O)c3cc4cc(CC(=O)CCS)ccc4[nH]3)ccc2[nH]1. The second kappa shape index (κ2) is 11.5. The molecule has 1 atom stereocenters. The lowest BCUT2D eigenvalue weighted by Gasteiger charge is -2.17. The molecule has 3 aromatic heterocycles. The van der Waals surface area contributed by atoms with E-state index in [2.05, 4.69) is 27.6 Å². The predicted octanol–water partition coefficient (Wildman–Crippen LogP) is 6.98. The lowest BCUT2D eigenvalue weighted by Crippen LogP contribution is -2.30. The highest BCUT2D eigenvalue weighted by Crippen LogP contribution is 2.46. The van der Waals surface area contributed by atoms with E-state index in [1.54, 1.807) is 17.0 Å². The van der Waals surface area contributed by atoms with E-state index in [-0.39, 0.29) is 35.6 Å². The molecule has 0 spiro atoms. The molecule has 3 aromatic carbocycles. The molecular formula is C35H31ClN4O4S. The van der Waals surface area contributed by atoms with E-state index in [9.17, 15) is 19.5 Å². The molecule has 0 bridgehead atoms. The molecule has 0 aliphatic carbocycles. The third-order valence-corrected chi connectivity index (χ3v) is 9.34. The maximum Gasteiger partial charge on any atom is 0.274 e. The lowest BCUT2D eigenvalue weighted by atomic mass is 9.97. The summed E-state index contributed by atoms with van der Waals surface area (Å²) in [5.41, 5.74) is 7.56. The first-order valence-corrected chi connectivity index (χ1v) is 16.0. The second-order valence-electron chi connectivity index (χ2n) is 11.8. The molecule has 7 rings (SSSR count). The van der Waals surface area contributed by atoms with Gasteiger partial charge in [0.25, 0.3) is 5.91 Å². The molecule has 1 aliphatic rings. The van der Waals surface area contributed by atoms with Gasteiger partial charge in [-0.2, -0.15) is 12.6 Å². The van der Waals surface area contributed by atoms with E-state index >= 15 is 0 Å². The van der Waals surface area contributed by atoms with Gasteiger partial charge in [0.2, 0.25) is 0 Å². The summed E-state index contributed by atoms with van der Waals surface area (Å²) in [6.07, 6.45) is 2.82. The summed E-state index contributed by atoms with van der Waals surface area (Å²) in [6.45, 7) is 2.38. The largest absolute Gasteiger partial charge is 0.506 e. The number of H-pyrrole nitrogens is 3. The summed E-state index contributed by atoms with van der Waals surface area (Å²) in [6, 6.07) is 16.7. The summed E-state index contributed by atoms with van der Waals surface area (Å²) >= 11 is 10.5. The van der Waals surface area contributed by atoms with Crippen LogP contribution in [0.4, 0.5) is 5.69 Å². The Morgan fingerprint density at radius 2 is 1.62 bits per heavy atom. The monoisotopic (exact) mass is 638 g/mol. The minimum absolute atomic E-state index is 0.0583. The zero-order valence-electron chi connectivity index (χ0n) is 24.5. The third kappa shape index (κ3) is 5.19. The number of fused-ring (bicyclic) bond motifs is 5. The number of anilines is 1. The van der Waals surface area contributed by atoms with Crippen LogP contribution in [0.2, 0.25) is 0 Å². The molecule has 10 heteroatoms. The number of nitrogens with one attached hydrogen (secondary N) is 3. The van der Waals surface area contributed by atoms with Crippen molar-refractivity contribution in [2.45, 2.75) is 32.1 Å². The van der Waals surface area contributed by atoms with E-state index in [1.165, 1.54) is 0 Å². The number of carbonyl (C=O) groups excluding carboxylic acids is 3. The van der Waals surface area contributed by atoms with E-state index in [0.717, 1.165) is 49.4 Å². The van der Waals surface area contributed by atoms with Crippen molar-refractivity contribution < 1.29 is 19.5 Å². The van der Waals surface area contributed by atoms with Gasteiger partial charge in [-0.1, -0.05) is 12.1 Å². The Balaban J connectivity index is 1.12. The van der Waals surface area contributed by atoms with Crippen molar-refractivity contribution in [2.75, 3.05) is 23.1 Å². The molecule has 8 nitrogen and oxygen atoms in total. The summed E-state index contributed by atoms with van der Waals surface area (Å²) in [5.74, 6) is 0.761. The van der Waals surface area contributed by atoms with Crippen molar-refractivity contribution in [3.8, 4) is 5.75 Å². The van der Waals surface area contributed by atoms with Crippen molar-refractivity contribution >= 4 is 80.1 Å². The average molecular weight is 639 g/mol. The van der Waals surface area contributed by atoms with E-state index < -0.39 is 0 Å². The number of amides is 1. The van der Waals surface area contributed by atoms with Crippen LogP contribution in [0, 0.1) is 6.92 Å². The number of thiol groups is 1. The molecule has 0 radical (unpaired) electrons. The molecular weight excluding hydrogens is 608 g/mol. The zero-order chi connectivity index (χ0) is 31.4. The summed E-state index contributed by atoms with van der Waals surface area (Å²) in [7, 11) is 0. The minimum Gasteiger partial charge on any atom is -0.506 e. The molecule has 0 saturated carbocycles. The second-order valence-corrected chi connectivity index (χ2v) is 12.6. The molecule has 0 saturated heterocycles. The Morgan fingerprint density at radius 3 is 2.31 bits per heavy atom. The fourth-order valence-corrected chi connectivity index (χ4v) is 7.06. The van der Waals surface area contributed by atoms with Crippen LogP contribution in [-0.2, 0) is 17.6 Å². The van der Waals surface area contributed by atoms with Crippen LogP contribution in [0.25, 0.3) is 32.7 Å². The number of phenols is 1. The summed E-state index contributed by atoms with van der Waals surface area (Å²) in [4.78, 5) is 50.4. The number of nitrogens with zero attached hydrogens (tertiary/aromatic N) is 1. The fraction of sp³-hybridized carbons (Fsp3) is 0.229. The number of aromatic nitrogens is 3. The molecule has 1 unspecified atom stereocenters. The van der Waals surface area contributed by atoms with Gasteiger partial charge < -0.3 is 25.0 Å². The van der Waals surface area contributed by atoms with Gasteiger partial charge in [-0.3, -0.25) is 14.4 Å². The van der Waals surface area contributed by atoms with Gasteiger partial charge in [0.1, 0.15) is 17.2 Å². The van der Waals surface area contributed by atoms with Gasteiger partial charge in [-0.05, 0) is 71.3 Å². The first-order valence-electron chi connectivity index (χ1n) is 14.8. The number of benzene rings is 3. The highest BCUT2D eigenvalue weighted by Gasteiger charge is 2.36. The molecule has 1 aliphatic heterocycles. The average Bonchev–Trinajstić information content (AvgIpc) is 3.80. The van der Waals surface area contributed by atoms with Crippen LogP contribution in [0.5, 0.6) is 5.75 Å². The molecule has 6 aromatic rings.